The molecular weight excluding hydrogens is 242 g/mol. The Morgan fingerprint density at radius 2 is 2.11 bits per heavy atom. The number of carboxylic acid groups (broad SMARTS) is 1. The number of carboxylic acids is 1. The zero-order valence-electron chi connectivity index (χ0n) is 10.8. The molecule has 5 nitrogen and oxygen atoms in total. The van der Waals surface area contributed by atoms with E-state index in [-0.39, 0.29) is 5.56 Å². The van der Waals surface area contributed by atoms with Gasteiger partial charge in [0.1, 0.15) is 5.82 Å². The third-order valence-electron chi connectivity index (χ3n) is 2.87. The normalized spacial score (nSPS) is 10.2. The summed E-state index contributed by atoms with van der Waals surface area (Å²) in [4.78, 5) is 19.4. The molecule has 0 amide bonds. The number of aromatic carboxylic acids is 1. The van der Waals surface area contributed by atoms with Crippen LogP contribution in [0.2, 0.25) is 0 Å². The third-order valence-corrected chi connectivity index (χ3v) is 2.87. The Balaban J connectivity index is 2.11. The maximum absolute atomic E-state index is 10.9. The minimum Gasteiger partial charge on any atom is -0.478 e. The fourth-order valence-electron chi connectivity index (χ4n) is 1.76. The van der Waals surface area contributed by atoms with Crippen molar-refractivity contribution < 1.29 is 9.90 Å². The highest BCUT2D eigenvalue weighted by Gasteiger charge is 2.08. The van der Waals surface area contributed by atoms with Gasteiger partial charge in [0.2, 0.25) is 0 Å². The fourth-order valence-corrected chi connectivity index (χ4v) is 1.76. The maximum Gasteiger partial charge on any atom is 0.337 e. The van der Waals surface area contributed by atoms with Crippen molar-refractivity contribution in [2.75, 3.05) is 5.32 Å². The average molecular weight is 257 g/mol. The molecule has 5 heteroatoms. The highest BCUT2D eigenvalue weighted by Crippen LogP contribution is 2.12. The first kappa shape index (κ1) is 13.0. The number of rotatable bonds is 4. The lowest BCUT2D eigenvalue weighted by Gasteiger charge is -2.08. The lowest BCUT2D eigenvalue weighted by molar-refractivity contribution is 0.0695. The van der Waals surface area contributed by atoms with Gasteiger partial charge in [-0.05, 0) is 37.6 Å². The van der Waals surface area contributed by atoms with Gasteiger partial charge in [0.15, 0.2) is 0 Å². The number of pyridine rings is 2. The molecule has 0 saturated heterocycles. The van der Waals surface area contributed by atoms with E-state index < -0.39 is 5.97 Å². The Kier molecular flexibility index (Phi) is 3.75. The summed E-state index contributed by atoms with van der Waals surface area (Å²) in [6.45, 7) is 4.24. The van der Waals surface area contributed by atoms with Gasteiger partial charge in [-0.25, -0.2) is 9.78 Å². The van der Waals surface area contributed by atoms with Gasteiger partial charge < -0.3 is 10.4 Å². The van der Waals surface area contributed by atoms with E-state index in [9.17, 15) is 4.79 Å². The molecule has 0 aliphatic heterocycles. The first-order valence-corrected chi connectivity index (χ1v) is 5.93. The van der Waals surface area contributed by atoms with Gasteiger partial charge in [-0.1, -0.05) is 6.07 Å². The smallest absolute Gasteiger partial charge is 0.337 e. The molecule has 0 bridgehead atoms. The molecular formula is C14H15N3O2. The van der Waals surface area contributed by atoms with Crippen molar-refractivity contribution in [1.82, 2.24) is 9.97 Å². The summed E-state index contributed by atoms with van der Waals surface area (Å²) in [5.74, 6) is -0.315. The topological polar surface area (TPSA) is 75.1 Å². The Morgan fingerprint density at radius 3 is 2.74 bits per heavy atom. The lowest BCUT2D eigenvalue weighted by Crippen LogP contribution is -2.07. The quantitative estimate of drug-likeness (QED) is 0.879. The van der Waals surface area contributed by atoms with E-state index in [4.69, 9.17) is 5.11 Å². The highest BCUT2D eigenvalue weighted by atomic mass is 16.4. The van der Waals surface area contributed by atoms with Gasteiger partial charge in [-0.15, -0.1) is 0 Å². The van der Waals surface area contributed by atoms with Crippen molar-refractivity contribution in [3.8, 4) is 0 Å². The second-order valence-electron chi connectivity index (χ2n) is 4.26. The summed E-state index contributed by atoms with van der Waals surface area (Å²) in [6, 6.07) is 7.10. The van der Waals surface area contributed by atoms with E-state index in [0.29, 0.717) is 18.1 Å². The summed E-state index contributed by atoms with van der Waals surface area (Å²) >= 11 is 0. The van der Waals surface area contributed by atoms with Crippen molar-refractivity contribution in [2.45, 2.75) is 20.4 Å². The fraction of sp³-hybridized carbons (Fsp3) is 0.214. The summed E-state index contributed by atoms with van der Waals surface area (Å²) in [7, 11) is 0. The average Bonchev–Trinajstić information content (AvgIpc) is 2.37. The Bertz CT molecular complexity index is 611. The number of aromatic nitrogens is 2. The Hall–Kier alpha value is -2.43. The zero-order chi connectivity index (χ0) is 13.8. The number of aryl methyl sites for hydroxylation is 2. The number of hydrogen-bond acceptors (Lipinski definition) is 4. The predicted octanol–water partition coefficient (Wildman–Crippen LogP) is 2.40. The van der Waals surface area contributed by atoms with Gasteiger partial charge in [-0.3, -0.25) is 4.98 Å². The minimum atomic E-state index is -0.961. The third kappa shape index (κ3) is 3.07. The molecule has 98 valence electrons. The van der Waals surface area contributed by atoms with Crippen LogP contribution in [0.5, 0.6) is 0 Å². The molecule has 2 aromatic heterocycles. The molecule has 0 unspecified atom stereocenters. The molecule has 0 fully saturated rings. The van der Waals surface area contributed by atoms with E-state index in [1.807, 2.05) is 19.1 Å². The summed E-state index contributed by atoms with van der Waals surface area (Å²) in [6.07, 6.45) is 1.75. The van der Waals surface area contributed by atoms with Crippen LogP contribution >= 0.6 is 0 Å². The molecule has 2 aromatic rings. The van der Waals surface area contributed by atoms with Crippen molar-refractivity contribution in [1.29, 1.82) is 0 Å². The Morgan fingerprint density at radius 1 is 1.32 bits per heavy atom. The monoisotopic (exact) mass is 257 g/mol. The van der Waals surface area contributed by atoms with Crippen LogP contribution in [0.15, 0.2) is 30.5 Å². The maximum atomic E-state index is 10.9. The van der Waals surface area contributed by atoms with Crippen molar-refractivity contribution in [3.05, 3.63) is 53.0 Å². The van der Waals surface area contributed by atoms with Gasteiger partial charge in [0.05, 0.1) is 23.5 Å². The van der Waals surface area contributed by atoms with E-state index in [1.54, 1.807) is 25.3 Å². The van der Waals surface area contributed by atoms with Crippen LogP contribution in [0.25, 0.3) is 0 Å². The largest absolute Gasteiger partial charge is 0.478 e. The summed E-state index contributed by atoms with van der Waals surface area (Å²) in [5.41, 5.74) is 2.77. The predicted molar refractivity (Wildman–Crippen MR) is 72.2 cm³/mol. The van der Waals surface area contributed by atoms with Crippen LogP contribution in [0.3, 0.4) is 0 Å². The molecule has 0 spiro atoms. The molecule has 0 saturated carbocycles. The number of carbonyl (C=O) groups is 1. The summed E-state index contributed by atoms with van der Waals surface area (Å²) in [5, 5.41) is 12.1. The van der Waals surface area contributed by atoms with Gasteiger partial charge in [0, 0.05) is 6.20 Å². The lowest BCUT2D eigenvalue weighted by atomic mass is 10.2. The van der Waals surface area contributed by atoms with Crippen LogP contribution in [-0.2, 0) is 6.54 Å². The van der Waals surface area contributed by atoms with E-state index in [0.717, 1.165) is 11.3 Å². The van der Waals surface area contributed by atoms with E-state index in [2.05, 4.69) is 15.3 Å². The first-order chi connectivity index (χ1) is 9.08. The van der Waals surface area contributed by atoms with Crippen LogP contribution < -0.4 is 5.32 Å². The van der Waals surface area contributed by atoms with Crippen LogP contribution in [0.1, 0.15) is 27.3 Å². The molecule has 0 aliphatic carbocycles. The minimum absolute atomic E-state index is 0.222. The van der Waals surface area contributed by atoms with E-state index in [1.165, 1.54) is 0 Å². The molecule has 19 heavy (non-hydrogen) atoms. The van der Waals surface area contributed by atoms with Crippen molar-refractivity contribution in [3.63, 3.8) is 0 Å². The number of nitrogens with zero attached hydrogens (tertiary/aromatic N) is 2. The van der Waals surface area contributed by atoms with E-state index >= 15 is 0 Å². The van der Waals surface area contributed by atoms with Crippen LogP contribution in [0.4, 0.5) is 5.82 Å². The number of hydrogen-bond donors (Lipinski definition) is 2. The molecule has 0 aliphatic rings. The van der Waals surface area contributed by atoms with Gasteiger partial charge >= 0.3 is 5.97 Å². The van der Waals surface area contributed by atoms with Crippen molar-refractivity contribution >= 4 is 11.8 Å². The first-order valence-electron chi connectivity index (χ1n) is 5.93. The molecule has 0 radical (unpaired) electrons. The van der Waals surface area contributed by atoms with Gasteiger partial charge in [-0.2, -0.15) is 0 Å². The second kappa shape index (κ2) is 5.48. The second-order valence-corrected chi connectivity index (χ2v) is 4.26. The van der Waals surface area contributed by atoms with Crippen LogP contribution in [0, 0.1) is 13.8 Å². The van der Waals surface area contributed by atoms with Gasteiger partial charge in [0.25, 0.3) is 0 Å². The zero-order valence-corrected chi connectivity index (χ0v) is 10.8. The van der Waals surface area contributed by atoms with Crippen molar-refractivity contribution in [2.24, 2.45) is 0 Å². The number of nitrogens with one attached hydrogen (secondary N) is 1. The van der Waals surface area contributed by atoms with Crippen LogP contribution in [-0.4, -0.2) is 21.0 Å². The molecule has 0 aromatic carbocycles. The SMILES string of the molecule is Cc1cccnc1CNc1ccc(C(=O)O)c(C)n1. The molecule has 2 N–H and O–H groups in total. The molecule has 0 atom stereocenters. The summed E-state index contributed by atoms with van der Waals surface area (Å²) < 4.78 is 0. The number of anilines is 1. The molecule has 2 rings (SSSR count). The molecule has 2 heterocycles. The standard InChI is InChI=1S/C14H15N3O2/c1-9-4-3-7-15-12(9)8-16-13-6-5-11(14(18)19)10(2)17-13/h3-7H,8H2,1-2H3,(H,16,17)(H,18,19). The Labute approximate surface area is 111 Å². The highest BCUT2D eigenvalue weighted by molar-refractivity contribution is 5.89.